The largest absolute Gasteiger partial charge is 0.497 e. The molecule has 0 aromatic heterocycles. The van der Waals surface area contributed by atoms with Crippen molar-refractivity contribution in [2.45, 2.75) is 19.9 Å². The van der Waals surface area contributed by atoms with Crippen molar-refractivity contribution < 1.29 is 14.3 Å². The van der Waals surface area contributed by atoms with Crippen molar-refractivity contribution in [2.75, 3.05) is 14.2 Å². The van der Waals surface area contributed by atoms with Gasteiger partial charge in [0.15, 0.2) is 5.78 Å². The molecule has 0 spiro atoms. The predicted molar refractivity (Wildman–Crippen MR) is 66.7 cm³/mol. The van der Waals surface area contributed by atoms with Crippen LogP contribution in [0.4, 0.5) is 0 Å². The standard InChI is InChI=1S/C13H19NO3/c1-8(9(2)14)13(15)10-5-11(16-3)7-12(6-10)17-4/h5-9H,14H2,1-4H3. The average molecular weight is 237 g/mol. The molecule has 4 heteroatoms. The van der Waals surface area contributed by atoms with E-state index in [4.69, 9.17) is 15.2 Å². The van der Waals surface area contributed by atoms with E-state index in [1.165, 1.54) is 0 Å². The van der Waals surface area contributed by atoms with Gasteiger partial charge >= 0.3 is 0 Å². The number of methoxy groups -OCH3 is 2. The summed E-state index contributed by atoms with van der Waals surface area (Å²) in [5.41, 5.74) is 6.29. The maximum Gasteiger partial charge on any atom is 0.167 e. The molecule has 0 bridgehead atoms. The number of carbonyl (C=O) groups is 1. The number of carbonyl (C=O) groups excluding carboxylic acids is 1. The first kappa shape index (κ1) is 13.5. The lowest BCUT2D eigenvalue weighted by Gasteiger charge is -2.15. The van der Waals surface area contributed by atoms with Gasteiger partial charge in [-0.2, -0.15) is 0 Å². The van der Waals surface area contributed by atoms with Crippen LogP contribution >= 0.6 is 0 Å². The van der Waals surface area contributed by atoms with Crippen molar-refractivity contribution in [1.82, 2.24) is 0 Å². The van der Waals surface area contributed by atoms with Crippen molar-refractivity contribution in [3.05, 3.63) is 23.8 Å². The Hall–Kier alpha value is -1.55. The zero-order valence-electron chi connectivity index (χ0n) is 10.7. The van der Waals surface area contributed by atoms with Gasteiger partial charge in [-0.05, 0) is 19.1 Å². The zero-order valence-corrected chi connectivity index (χ0v) is 10.7. The van der Waals surface area contributed by atoms with E-state index in [2.05, 4.69) is 0 Å². The molecule has 0 amide bonds. The second kappa shape index (κ2) is 5.68. The maximum atomic E-state index is 12.1. The van der Waals surface area contributed by atoms with Crippen molar-refractivity contribution in [2.24, 2.45) is 11.7 Å². The molecule has 0 saturated heterocycles. The number of nitrogens with two attached hydrogens (primary N) is 1. The Balaban J connectivity index is 3.08. The third-order valence-corrected chi connectivity index (χ3v) is 2.84. The molecule has 1 rings (SSSR count). The van der Waals surface area contributed by atoms with Crippen molar-refractivity contribution in [3.63, 3.8) is 0 Å². The van der Waals surface area contributed by atoms with Gasteiger partial charge in [-0.25, -0.2) is 0 Å². The van der Waals surface area contributed by atoms with Crippen LogP contribution in [0.1, 0.15) is 24.2 Å². The van der Waals surface area contributed by atoms with Crippen LogP contribution in [0.5, 0.6) is 11.5 Å². The van der Waals surface area contributed by atoms with Crippen LogP contribution in [0.2, 0.25) is 0 Å². The SMILES string of the molecule is COc1cc(OC)cc(C(=O)C(C)C(C)N)c1. The lowest BCUT2D eigenvalue weighted by atomic mass is 9.94. The third-order valence-electron chi connectivity index (χ3n) is 2.84. The first-order valence-corrected chi connectivity index (χ1v) is 5.52. The molecular weight excluding hydrogens is 218 g/mol. The monoisotopic (exact) mass is 237 g/mol. The van der Waals surface area contributed by atoms with Gasteiger partial charge in [-0.15, -0.1) is 0 Å². The molecule has 0 aliphatic heterocycles. The molecule has 2 N–H and O–H groups in total. The van der Waals surface area contributed by atoms with E-state index in [-0.39, 0.29) is 17.7 Å². The zero-order chi connectivity index (χ0) is 13.0. The quantitative estimate of drug-likeness (QED) is 0.794. The number of hydrogen-bond acceptors (Lipinski definition) is 4. The highest BCUT2D eigenvalue weighted by atomic mass is 16.5. The van der Waals surface area contributed by atoms with Gasteiger partial charge in [0.2, 0.25) is 0 Å². The van der Waals surface area contributed by atoms with Crippen LogP contribution in [0.25, 0.3) is 0 Å². The van der Waals surface area contributed by atoms with Gasteiger partial charge in [0.05, 0.1) is 14.2 Å². The Bertz CT molecular complexity index is 379. The average Bonchev–Trinajstić information content (AvgIpc) is 2.35. The van der Waals surface area contributed by atoms with Crippen LogP contribution in [-0.4, -0.2) is 26.0 Å². The van der Waals surface area contributed by atoms with Crippen molar-refractivity contribution in [1.29, 1.82) is 0 Å². The summed E-state index contributed by atoms with van der Waals surface area (Å²) in [6.07, 6.45) is 0. The fourth-order valence-corrected chi connectivity index (χ4v) is 1.45. The first-order chi connectivity index (χ1) is 7.99. The van der Waals surface area contributed by atoms with E-state index in [9.17, 15) is 4.79 Å². The fourth-order valence-electron chi connectivity index (χ4n) is 1.45. The molecule has 0 fully saturated rings. The third kappa shape index (κ3) is 3.20. The minimum Gasteiger partial charge on any atom is -0.497 e. The van der Waals surface area contributed by atoms with Crippen LogP contribution < -0.4 is 15.2 Å². The maximum absolute atomic E-state index is 12.1. The summed E-state index contributed by atoms with van der Waals surface area (Å²) in [6.45, 7) is 3.64. The lowest BCUT2D eigenvalue weighted by Crippen LogP contribution is -2.30. The topological polar surface area (TPSA) is 61.5 Å². The highest BCUT2D eigenvalue weighted by Gasteiger charge is 2.20. The Morgan fingerprint density at radius 2 is 1.59 bits per heavy atom. The fraction of sp³-hybridized carbons (Fsp3) is 0.462. The van der Waals surface area contributed by atoms with E-state index in [0.717, 1.165) is 0 Å². The van der Waals surface area contributed by atoms with Gasteiger partial charge in [-0.3, -0.25) is 4.79 Å². The summed E-state index contributed by atoms with van der Waals surface area (Å²) in [6, 6.07) is 4.94. The molecule has 2 unspecified atom stereocenters. The van der Waals surface area contributed by atoms with E-state index in [0.29, 0.717) is 17.1 Å². The summed E-state index contributed by atoms with van der Waals surface area (Å²) in [4.78, 5) is 12.1. The van der Waals surface area contributed by atoms with Gasteiger partial charge < -0.3 is 15.2 Å². The second-order valence-corrected chi connectivity index (χ2v) is 4.11. The van der Waals surface area contributed by atoms with Crippen LogP contribution in [0.15, 0.2) is 18.2 Å². The van der Waals surface area contributed by atoms with Crippen LogP contribution in [0, 0.1) is 5.92 Å². The number of Topliss-reactive ketones (excluding diaryl/α,β-unsaturated/α-hetero) is 1. The minimum absolute atomic E-state index is 0.00259. The number of rotatable bonds is 5. The normalized spacial score (nSPS) is 13.9. The molecule has 0 radical (unpaired) electrons. The minimum atomic E-state index is -0.230. The number of ketones is 1. The van der Waals surface area contributed by atoms with Crippen molar-refractivity contribution in [3.8, 4) is 11.5 Å². The molecule has 94 valence electrons. The molecular formula is C13H19NO3. The van der Waals surface area contributed by atoms with Crippen LogP contribution in [0.3, 0.4) is 0 Å². The Morgan fingerprint density at radius 1 is 1.12 bits per heavy atom. The molecule has 0 aliphatic carbocycles. The van der Waals surface area contributed by atoms with Gasteiger partial charge in [0.1, 0.15) is 11.5 Å². The summed E-state index contributed by atoms with van der Waals surface area (Å²) >= 11 is 0. The Morgan fingerprint density at radius 3 is 1.94 bits per heavy atom. The molecule has 2 atom stereocenters. The van der Waals surface area contributed by atoms with E-state index >= 15 is 0 Å². The van der Waals surface area contributed by atoms with Gasteiger partial charge in [-0.1, -0.05) is 6.92 Å². The first-order valence-electron chi connectivity index (χ1n) is 5.52. The second-order valence-electron chi connectivity index (χ2n) is 4.11. The molecule has 1 aromatic rings. The highest BCUT2D eigenvalue weighted by Crippen LogP contribution is 2.24. The van der Waals surface area contributed by atoms with Gasteiger partial charge in [0.25, 0.3) is 0 Å². The molecule has 0 saturated carbocycles. The highest BCUT2D eigenvalue weighted by molar-refractivity contribution is 5.98. The van der Waals surface area contributed by atoms with Gasteiger partial charge in [0, 0.05) is 23.6 Å². The molecule has 4 nitrogen and oxygen atoms in total. The van der Waals surface area contributed by atoms with Crippen molar-refractivity contribution >= 4 is 5.78 Å². The smallest absolute Gasteiger partial charge is 0.167 e. The molecule has 0 heterocycles. The number of hydrogen-bond donors (Lipinski definition) is 1. The van der Waals surface area contributed by atoms with E-state index < -0.39 is 0 Å². The summed E-state index contributed by atoms with van der Waals surface area (Å²) in [7, 11) is 3.11. The molecule has 0 aliphatic rings. The summed E-state index contributed by atoms with van der Waals surface area (Å²) < 4.78 is 10.2. The molecule has 17 heavy (non-hydrogen) atoms. The number of ether oxygens (including phenoxy) is 2. The Kier molecular flexibility index (Phi) is 4.52. The van der Waals surface area contributed by atoms with E-state index in [1.807, 2.05) is 13.8 Å². The summed E-state index contributed by atoms with van der Waals surface area (Å²) in [5.74, 6) is 0.971. The Labute approximate surface area is 102 Å². The predicted octanol–water partition coefficient (Wildman–Crippen LogP) is 1.87. The summed E-state index contributed by atoms with van der Waals surface area (Å²) in [5, 5.41) is 0. The lowest BCUT2D eigenvalue weighted by molar-refractivity contribution is 0.0916. The van der Waals surface area contributed by atoms with Crippen LogP contribution in [-0.2, 0) is 0 Å². The molecule has 1 aromatic carbocycles. The van der Waals surface area contributed by atoms with E-state index in [1.54, 1.807) is 32.4 Å². The number of benzene rings is 1.